The molecule has 0 amide bonds. The number of halogens is 1. The molecule has 1 heterocycles. The van der Waals surface area contributed by atoms with Crippen molar-refractivity contribution in [3.8, 4) is 0 Å². The minimum atomic E-state index is 0.371. The molecule has 0 bridgehead atoms. The van der Waals surface area contributed by atoms with E-state index in [9.17, 15) is 0 Å². The predicted molar refractivity (Wildman–Crippen MR) is 90.0 cm³/mol. The Kier molecular flexibility index (Phi) is 6.12. The quantitative estimate of drug-likeness (QED) is 0.767. The molecule has 1 aromatic rings. The molecule has 1 aromatic heterocycles. The highest BCUT2D eigenvalue weighted by Crippen LogP contribution is 2.40. The Morgan fingerprint density at radius 2 is 1.95 bits per heavy atom. The predicted octanol–water partition coefficient (Wildman–Crippen LogP) is 4.13. The van der Waals surface area contributed by atoms with Crippen LogP contribution in [-0.2, 0) is 19.9 Å². The minimum Gasteiger partial charge on any atom is -0.316 e. The maximum atomic E-state index is 6.57. The number of aryl methyl sites for hydroxylation is 2. The van der Waals surface area contributed by atoms with Gasteiger partial charge in [0.15, 0.2) is 0 Å². The fourth-order valence-electron chi connectivity index (χ4n) is 3.62. The zero-order valence-electron chi connectivity index (χ0n) is 13.8. The van der Waals surface area contributed by atoms with E-state index in [2.05, 4.69) is 24.3 Å². The van der Waals surface area contributed by atoms with E-state index in [4.69, 9.17) is 11.6 Å². The fraction of sp³-hybridized carbons (Fsp3) is 0.824. The summed E-state index contributed by atoms with van der Waals surface area (Å²) in [5, 5.41) is 9.14. The van der Waals surface area contributed by atoms with Crippen LogP contribution in [-0.4, -0.2) is 22.9 Å². The smallest absolute Gasteiger partial charge is 0.0849 e. The summed E-state index contributed by atoms with van der Waals surface area (Å²) < 4.78 is 2.01. The molecule has 0 radical (unpaired) electrons. The lowest BCUT2D eigenvalue weighted by atomic mass is 9.71. The number of aromatic nitrogens is 2. The molecule has 120 valence electrons. The van der Waals surface area contributed by atoms with Gasteiger partial charge in [-0.2, -0.15) is 5.10 Å². The molecule has 0 spiro atoms. The van der Waals surface area contributed by atoms with E-state index in [1.165, 1.54) is 44.2 Å². The van der Waals surface area contributed by atoms with E-state index in [1.807, 2.05) is 11.7 Å². The SMILES string of the molecule is CCCNCC1(Cc2c(Cl)c(CC)nn2C)CCCCC1. The Hall–Kier alpha value is -0.540. The summed E-state index contributed by atoms with van der Waals surface area (Å²) in [4.78, 5) is 0. The lowest BCUT2D eigenvalue weighted by Crippen LogP contribution is -2.38. The van der Waals surface area contributed by atoms with Crippen LogP contribution >= 0.6 is 11.6 Å². The molecule has 2 rings (SSSR count). The Morgan fingerprint density at radius 3 is 2.52 bits per heavy atom. The number of hydrogen-bond donors (Lipinski definition) is 1. The molecular weight excluding hydrogens is 282 g/mol. The van der Waals surface area contributed by atoms with E-state index in [0.717, 1.165) is 36.6 Å². The summed E-state index contributed by atoms with van der Waals surface area (Å²) in [5.41, 5.74) is 2.64. The second kappa shape index (κ2) is 7.64. The van der Waals surface area contributed by atoms with E-state index in [1.54, 1.807) is 0 Å². The van der Waals surface area contributed by atoms with Gasteiger partial charge >= 0.3 is 0 Å². The second-order valence-corrected chi connectivity index (χ2v) is 6.98. The van der Waals surface area contributed by atoms with Gasteiger partial charge in [0, 0.05) is 13.6 Å². The van der Waals surface area contributed by atoms with Crippen molar-refractivity contribution >= 4 is 11.6 Å². The zero-order valence-corrected chi connectivity index (χ0v) is 14.6. The van der Waals surface area contributed by atoms with Crippen LogP contribution in [0.15, 0.2) is 0 Å². The number of rotatable bonds is 7. The molecule has 21 heavy (non-hydrogen) atoms. The highest BCUT2D eigenvalue weighted by atomic mass is 35.5. The molecule has 4 heteroatoms. The summed E-state index contributed by atoms with van der Waals surface area (Å²) >= 11 is 6.57. The third-order valence-corrected chi connectivity index (χ3v) is 5.32. The van der Waals surface area contributed by atoms with Gasteiger partial charge in [0.2, 0.25) is 0 Å². The lowest BCUT2D eigenvalue weighted by Gasteiger charge is -2.38. The van der Waals surface area contributed by atoms with Crippen molar-refractivity contribution in [3.05, 3.63) is 16.4 Å². The summed E-state index contributed by atoms with van der Waals surface area (Å²) in [6, 6.07) is 0. The average Bonchev–Trinajstić information content (AvgIpc) is 2.76. The van der Waals surface area contributed by atoms with Crippen molar-refractivity contribution in [1.29, 1.82) is 0 Å². The van der Waals surface area contributed by atoms with Crippen molar-refractivity contribution in [3.63, 3.8) is 0 Å². The molecule has 1 fully saturated rings. The molecule has 0 unspecified atom stereocenters. The van der Waals surface area contributed by atoms with Crippen LogP contribution in [0, 0.1) is 5.41 Å². The van der Waals surface area contributed by atoms with Crippen LogP contribution in [0.2, 0.25) is 5.02 Å². The van der Waals surface area contributed by atoms with Crippen molar-refractivity contribution < 1.29 is 0 Å². The van der Waals surface area contributed by atoms with Gasteiger partial charge < -0.3 is 5.32 Å². The number of nitrogens with zero attached hydrogens (tertiary/aromatic N) is 2. The fourth-order valence-corrected chi connectivity index (χ4v) is 3.98. The van der Waals surface area contributed by atoms with Crippen molar-refractivity contribution in [2.45, 2.75) is 65.2 Å². The first-order chi connectivity index (χ1) is 10.1. The highest BCUT2D eigenvalue weighted by molar-refractivity contribution is 6.31. The van der Waals surface area contributed by atoms with E-state index >= 15 is 0 Å². The summed E-state index contributed by atoms with van der Waals surface area (Å²) in [5.74, 6) is 0. The Morgan fingerprint density at radius 1 is 1.24 bits per heavy atom. The third-order valence-electron chi connectivity index (χ3n) is 4.89. The highest BCUT2D eigenvalue weighted by Gasteiger charge is 2.34. The molecule has 0 saturated heterocycles. The summed E-state index contributed by atoms with van der Waals surface area (Å²) in [7, 11) is 2.04. The molecule has 1 N–H and O–H groups in total. The first-order valence-electron chi connectivity index (χ1n) is 8.53. The normalized spacial score (nSPS) is 18.1. The maximum absolute atomic E-state index is 6.57. The van der Waals surface area contributed by atoms with Gasteiger partial charge in [0.1, 0.15) is 0 Å². The Labute approximate surface area is 134 Å². The van der Waals surface area contributed by atoms with Crippen molar-refractivity contribution in [1.82, 2.24) is 15.1 Å². The molecule has 3 nitrogen and oxygen atoms in total. The molecule has 1 aliphatic rings. The van der Waals surface area contributed by atoms with Gasteiger partial charge in [-0.1, -0.05) is 44.7 Å². The van der Waals surface area contributed by atoms with Gasteiger partial charge in [0.05, 0.1) is 16.4 Å². The van der Waals surface area contributed by atoms with E-state index < -0.39 is 0 Å². The first kappa shape index (κ1) is 16.8. The average molecular weight is 312 g/mol. The van der Waals surface area contributed by atoms with Gasteiger partial charge in [-0.3, -0.25) is 4.68 Å². The molecule has 0 aliphatic heterocycles. The molecule has 1 saturated carbocycles. The van der Waals surface area contributed by atoms with Crippen LogP contribution in [0.5, 0.6) is 0 Å². The number of nitrogens with one attached hydrogen (secondary N) is 1. The Bertz CT molecular complexity index is 447. The van der Waals surface area contributed by atoms with Crippen LogP contribution in [0.3, 0.4) is 0 Å². The zero-order chi connectivity index (χ0) is 15.3. The summed E-state index contributed by atoms with van der Waals surface area (Å²) in [6.07, 6.45) is 9.88. The maximum Gasteiger partial charge on any atom is 0.0849 e. The molecular formula is C17H30ClN3. The monoisotopic (exact) mass is 311 g/mol. The largest absolute Gasteiger partial charge is 0.316 e. The van der Waals surface area contributed by atoms with Gasteiger partial charge in [-0.05, 0) is 44.1 Å². The van der Waals surface area contributed by atoms with Gasteiger partial charge in [0.25, 0.3) is 0 Å². The van der Waals surface area contributed by atoms with E-state index in [0.29, 0.717) is 5.41 Å². The van der Waals surface area contributed by atoms with Gasteiger partial charge in [-0.15, -0.1) is 0 Å². The van der Waals surface area contributed by atoms with Crippen LogP contribution in [0.4, 0.5) is 0 Å². The van der Waals surface area contributed by atoms with Crippen LogP contribution < -0.4 is 5.32 Å². The second-order valence-electron chi connectivity index (χ2n) is 6.60. The van der Waals surface area contributed by atoms with Crippen LogP contribution in [0.1, 0.15) is 63.8 Å². The van der Waals surface area contributed by atoms with Crippen LogP contribution in [0.25, 0.3) is 0 Å². The lowest BCUT2D eigenvalue weighted by molar-refractivity contribution is 0.177. The standard InChI is InChI=1S/C17H30ClN3/c1-4-11-19-13-17(9-7-6-8-10-17)12-15-16(18)14(5-2)20-21(15)3/h19H,4-13H2,1-3H3. The topological polar surface area (TPSA) is 29.9 Å². The van der Waals surface area contributed by atoms with Crippen molar-refractivity contribution in [2.75, 3.05) is 13.1 Å². The Balaban J connectivity index is 2.16. The third kappa shape index (κ3) is 4.01. The number of hydrogen-bond acceptors (Lipinski definition) is 2. The van der Waals surface area contributed by atoms with Crippen molar-refractivity contribution in [2.24, 2.45) is 12.5 Å². The summed E-state index contributed by atoms with van der Waals surface area (Å²) in [6.45, 7) is 6.58. The first-order valence-corrected chi connectivity index (χ1v) is 8.90. The van der Waals surface area contributed by atoms with E-state index in [-0.39, 0.29) is 0 Å². The molecule has 0 aromatic carbocycles. The molecule has 0 atom stereocenters. The minimum absolute atomic E-state index is 0.371. The molecule has 1 aliphatic carbocycles. The van der Waals surface area contributed by atoms with Gasteiger partial charge in [-0.25, -0.2) is 0 Å².